The predicted molar refractivity (Wildman–Crippen MR) is 101 cm³/mol. The smallest absolute Gasteiger partial charge is 0.249 e. The normalized spacial score (nSPS) is 21.5. The molecule has 0 bridgehead atoms. The third kappa shape index (κ3) is 3.78. The summed E-state index contributed by atoms with van der Waals surface area (Å²) in [6, 6.07) is 13.7. The van der Waals surface area contributed by atoms with Gasteiger partial charge in [-0.1, -0.05) is 54.4 Å². The number of carbonyl (C=O) groups excluding carboxylic acids is 2. The number of rotatable bonds is 5. The molecule has 1 aliphatic heterocycles. The first kappa shape index (κ1) is 18.9. The molecule has 26 heavy (non-hydrogen) atoms. The number of ether oxygens (including phenoxy) is 1. The lowest BCUT2D eigenvalue weighted by atomic mass is 9.91. The lowest BCUT2D eigenvalue weighted by Gasteiger charge is -2.44. The van der Waals surface area contributed by atoms with Crippen LogP contribution in [0.4, 0.5) is 0 Å². The molecule has 0 aliphatic carbocycles. The van der Waals surface area contributed by atoms with Crippen molar-refractivity contribution in [3.63, 3.8) is 0 Å². The van der Waals surface area contributed by atoms with Crippen molar-refractivity contribution in [3.8, 4) is 0 Å². The summed E-state index contributed by atoms with van der Waals surface area (Å²) in [5, 5.41) is 1.19. The molecule has 3 rings (SSSR count). The predicted octanol–water partition coefficient (Wildman–Crippen LogP) is 4.61. The molecule has 3 atom stereocenters. The molecule has 0 saturated carbocycles. The zero-order chi connectivity index (χ0) is 18.7. The highest BCUT2D eigenvalue weighted by Crippen LogP contribution is 2.42. The van der Waals surface area contributed by atoms with Crippen LogP contribution in [-0.4, -0.2) is 29.7 Å². The maximum Gasteiger partial charge on any atom is 0.249 e. The van der Waals surface area contributed by atoms with Gasteiger partial charge in [-0.05, 0) is 41.8 Å². The van der Waals surface area contributed by atoms with Crippen molar-refractivity contribution in [2.24, 2.45) is 0 Å². The summed E-state index contributed by atoms with van der Waals surface area (Å²) in [6.45, 7) is 1.81. The number of hydrogen-bond donors (Lipinski definition) is 0. The van der Waals surface area contributed by atoms with Gasteiger partial charge >= 0.3 is 0 Å². The van der Waals surface area contributed by atoms with Gasteiger partial charge in [-0.3, -0.25) is 4.79 Å². The molecule has 1 fully saturated rings. The number of morpholine rings is 1. The highest BCUT2D eigenvalue weighted by atomic mass is 35.5. The van der Waals surface area contributed by atoms with E-state index in [2.05, 4.69) is 0 Å². The second-order valence-electron chi connectivity index (χ2n) is 6.20. The number of nitrogens with zero attached hydrogens (tertiary/aromatic N) is 1. The molecule has 4 nitrogen and oxygen atoms in total. The Labute approximate surface area is 162 Å². The molecule has 0 spiro atoms. The fourth-order valence-electron chi connectivity index (χ4n) is 3.33. The molecule has 136 valence electrons. The van der Waals surface area contributed by atoms with Crippen LogP contribution >= 0.6 is 23.2 Å². The van der Waals surface area contributed by atoms with Crippen LogP contribution in [0, 0.1) is 0 Å². The van der Waals surface area contributed by atoms with Gasteiger partial charge in [-0.25, -0.2) is 0 Å². The van der Waals surface area contributed by atoms with Gasteiger partial charge in [0.15, 0.2) is 0 Å². The summed E-state index contributed by atoms with van der Waals surface area (Å²) >= 11 is 12.2. The Hall–Kier alpha value is -1.88. The van der Waals surface area contributed by atoms with Crippen LogP contribution < -0.4 is 0 Å². The van der Waals surface area contributed by atoms with Crippen molar-refractivity contribution in [2.45, 2.75) is 31.5 Å². The van der Waals surface area contributed by atoms with Crippen LogP contribution in [-0.2, 0) is 14.3 Å². The molecule has 2 aromatic carbocycles. The monoisotopic (exact) mass is 391 g/mol. The highest BCUT2D eigenvalue weighted by Gasteiger charge is 2.41. The Bertz CT molecular complexity index is 794. The van der Waals surface area contributed by atoms with Gasteiger partial charge in [-0.15, -0.1) is 0 Å². The van der Waals surface area contributed by atoms with E-state index in [4.69, 9.17) is 27.9 Å². The van der Waals surface area contributed by atoms with E-state index in [-0.39, 0.29) is 12.5 Å². The van der Waals surface area contributed by atoms with Crippen LogP contribution in [0.2, 0.25) is 10.0 Å². The van der Waals surface area contributed by atoms with Gasteiger partial charge < -0.3 is 14.4 Å². The number of amides is 1. The van der Waals surface area contributed by atoms with Crippen molar-refractivity contribution in [3.05, 3.63) is 69.7 Å². The molecule has 2 aromatic rings. The third-order valence-electron chi connectivity index (χ3n) is 4.58. The van der Waals surface area contributed by atoms with Crippen LogP contribution in [0.1, 0.15) is 36.6 Å². The van der Waals surface area contributed by atoms with Gasteiger partial charge in [0.2, 0.25) is 5.91 Å². The van der Waals surface area contributed by atoms with Crippen molar-refractivity contribution in [1.82, 2.24) is 4.90 Å². The number of benzene rings is 2. The zero-order valence-electron chi connectivity index (χ0n) is 14.3. The van der Waals surface area contributed by atoms with Gasteiger partial charge in [0.05, 0.1) is 12.1 Å². The molecule has 0 N–H and O–H groups in total. The molecule has 1 amide bonds. The fourth-order valence-corrected chi connectivity index (χ4v) is 3.66. The Morgan fingerprint density at radius 2 is 1.88 bits per heavy atom. The first-order chi connectivity index (χ1) is 12.5. The summed E-state index contributed by atoms with van der Waals surface area (Å²) in [5.41, 5.74) is 1.71. The molecule has 1 heterocycles. The molecule has 1 saturated heterocycles. The van der Waals surface area contributed by atoms with E-state index in [1.165, 1.54) is 0 Å². The molecular weight excluding hydrogens is 373 g/mol. The highest BCUT2D eigenvalue weighted by molar-refractivity contribution is 6.30. The van der Waals surface area contributed by atoms with Gasteiger partial charge in [0.25, 0.3) is 0 Å². The topological polar surface area (TPSA) is 46.6 Å². The second-order valence-corrected chi connectivity index (χ2v) is 7.07. The van der Waals surface area contributed by atoms with Crippen molar-refractivity contribution in [1.29, 1.82) is 0 Å². The van der Waals surface area contributed by atoms with Gasteiger partial charge in [0.1, 0.15) is 19.0 Å². The SMILES string of the molecule is CCC(C=O)N1C(=O)CO[C@H](c2cccc(Cl)c2)[C@H]1c1ccc(Cl)cc1. The summed E-state index contributed by atoms with van der Waals surface area (Å²) in [4.78, 5) is 25.9. The van der Waals surface area contributed by atoms with Crippen LogP contribution in [0.3, 0.4) is 0 Å². The number of hydrogen-bond acceptors (Lipinski definition) is 3. The maximum atomic E-state index is 12.6. The summed E-state index contributed by atoms with van der Waals surface area (Å²) < 4.78 is 5.90. The minimum absolute atomic E-state index is 0.0778. The molecule has 0 radical (unpaired) electrons. The number of carbonyl (C=O) groups is 2. The van der Waals surface area contributed by atoms with Gasteiger partial charge in [0, 0.05) is 10.0 Å². The Morgan fingerprint density at radius 1 is 1.15 bits per heavy atom. The minimum atomic E-state index is -0.520. The van der Waals surface area contributed by atoms with E-state index in [0.29, 0.717) is 16.5 Å². The summed E-state index contributed by atoms with van der Waals surface area (Å²) in [5.74, 6) is -0.206. The first-order valence-corrected chi connectivity index (χ1v) is 9.19. The average molecular weight is 392 g/mol. The minimum Gasteiger partial charge on any atom is -0.361 e. The maximum absolute atomic E-state index is 12.6. The van der Waals surface area contributed by atoms with E-state index in [1.54, 1.807) is 23.1 Å². The Balaban J connectivity index is 2.11. The first-order valence-electron chi connectivity index (χ1n) is 8.44. The summed E-state index contributed by atoms with van der Waals surface area (Å²) in [6.07, 6.45) is 0.921. The molecule has 6 heteroatoms. The van der Waals surface area contributed by atoms with E-state index in [0.717, 1.165) is 17.4 Å². The zero-order valence-corrected chi connectivity index (χ0v) is 15.8. The molecule has 0 aromatic heterocycles. The quantitative estimate of drug-likeness (QED) is 0.698. The van der Waals surface area contributed by atoms with Crippen LogP contribution in [0.15, 0.2) is 48.5 Å². The molecule has 1 unspecified atom stereocenters. The van der Waals surface area contributed by atoms with Crippen LogP contribution in [0.5, 0.6) is 0 Å². The molecular formula is C20H19Cl2NO3. The van der Waals surface area contributed by atoms with Crippen molar-refractivity contribution >= 4 is 35.4 Å². The molecule has 1 aliphatic rings. The Kier molecular flexibility index (Phi) is 5.97. The largest absolute Gasteiger partial charge is 0.361 e. The van der Waals surface area contributed by atoms with Crippen molar-refractivity contribution in [2.75, 3.05) is 6.61 Å². The fraction of sp³-hybridized carbons (Fsp3) is 0.300. The second kappa shape index (κ2) is 8.21. The van der Waals surface area contributed by atoms with E-state index in [9.17, 15) is 9.59 Å². The number of halogens is 2. The van der Waals surface area contributed by atoms with Crippen molar-refractivity contribution < 1.29 is 14.3 Å². The Morgan fingerprint density at radius 3 is 2.50 bits per heavy atom. The van der Waals surface area contributed by atoms with E-state index in [1.807, 2.05) is 37.3 Å². The van der Waals surface area contributed by atoms with Crippen LogP contribution in [0.25, 0.3) is 0 Å². The number of aldehydes is 1. The van der Waals surface area contributed by atoms with Gasteiger partial charge in [-0.2, -0.15) is 0 Å². The van der Waals surface area contributed by atoms with E-state index >= 15 is 0 Å². The summed E-state index contributed by atoms with van der Waals surface area (Å²) in [7, 11) is 0. The lowest BCUT2D eigenvalue weighted by Crippen LogP contribution is -2.51. The third-order valence-corrected chi connectivity index (χ3v) is 5.07. The van der Waals surface area contributed by atoms with E-state index < -0.39 is 18.2 Å². The lowest BCUT2D eigenvalue weighted by molar-refractivity contribution is -0.164. The standard InChI is InChI=1S/C20H19Cl2NO3/c1-2-17(11-24)23-18(25)12-26-20(14-4-3-5-16(22)10-14)19(23)13-6-8-15(21)9-7-13/h3-11,17,19-20H,2,12H2,1H3/t17?,19-,20-/m1/s1. The average Bonchev–Trinajstić information content (AvgIpc) is 2.64.